The van der Waals surface area contributed by atoms with Gasteiger partial charge in [0.2, 0.25) is 0 Å². The third kappa shape index (κ3) is 1.87. The zero-order valence-corrected chi connectivity index (χ0v) is 9.88. The fourth-order valence-corrected chi connectivity index (χ4v) is 1.22. The van der Waals surface area contributed by atoms with Crippen LogP contribution >= 0.6 is 0 Å². The van der Waals surface area contributed by atoms with Crippen molar-refractivity contribution in [3.8, 4) is 0 Å². The Kier molecular flexibility index (Phi) is 2.86. The number of nitrogens with one attached hydrogen (secondary N) is 1. The van der Waals surface area contributed by atoms with Crippen LogP contribution in [-0.4, -0.2) is 28.3 Å². The molecule has 5 heteroatoms. The molecule has 0 aliphatic heterocycles. The first-order chi connectivity index (χ1) is 6.81. The minimum atomic E-state index is -0.643. The molecule has 84 valence electrons. The number of nitrogens with zero attached hydrogens (tertiary/aromatic N) is 2. The van der Waals surface area contributed by atoms with E-state index in [2.05, 4.69) is 10.4 Å². The van der Waals surface area contributed by atoms with Crippen LogP contribution in [0.25, 0.3) is 0 Å². The van der Waals surface area contributed by atoms with Crippen molar-refractivity contribution in [3.05, 3.63) is 11.4 Å². The lowest BCUT2D eigenvalue weighted by atomic mass is 10.1. The van der Waals surface area contributed by atoms with Gasteiger partial charge in [-0.3, -0.25) is 4.79 Å². The van der Waals surface area contributed by atoms with E-state index < -0.39 is 5.54 Å². The third-order valence-corrected chi connectivity index (χ3v) is 2.70. The summed E-state index contributed by atoms with van der Waals surface area (Å²) < 4.78 is 1.36. The lowest BCUT2D eigenvalue weighted by Crippen LogP contribution is -2.47. The topological polar surface area (TPSA) is 72.9 Å². The van der Waals surface area contributed by atoms with Crippen molar-refractivity contribution in [2.24, 2.45) is 0 Å². The zero-order chi connectivity index (χ0) is 11.8. The fourth-order valence-electron chi connectivity index (χ4n) is 1.22. The van der Waals surface area contributed by atoms with Crippen molar-refractivity contribution in [3.63, 3.8) is 0 Å². The van der Waals surface area contributed by atoms with Crippen molar-refractivity contribution in [1.82, 2.24) is 15.1 Å². The van der Waals surface area contributed by atoms with Crippen LogP contribution in [0, 0.1) is 13.8 Å². The monoisotopic (exact) mass is 210 g/mol. The Morgan fingerprint density at radius 2 is 2.00 bits per heavy atom. The highest BCUT2D eigenvalue weighted by Crippen LogP contribution is 2.17. The normalized spacial score (nSPS) is 11.8. The Morgan fingerprint density at radius 1 is 1.47 bits per heavy atom. The molecule has 0 fully saturated rings. The molecule has 0 aliphatic carbocycles. The van der Waals surface area contributed by atoms with Gasteiger partial charge in [0.25, 0.3) is 5.91 Å². The van der Waals surface area contributed by atoms with Crippen LogP contribution in [0.2, 0.25) is 0 Å². The second-order valence-electron chi connectivity index (χ2n) is 4.18. The van der Waals surface area contributed by atoms with E-state index in [0.717, 1.165) is 0 Å². The van der Waals surface area contributed by atoms with Gasteiger partial charge >= 0.3 is 0 Å². The molecule has 0 spiro atoms. The van der Waals surface area contributed by atoms with Crippen LogP contribution in [0.3, 0.4) is 0 Å². The smallest absolute Gasteiger partial charge is 0.266 e. The number of hydrogen-bond donors (Lipinski definition) is 2. The Hall–Kier alpha value is -1.36. The maximum Gasteiger partial charge on any atom is 0.266 e. The van der Waals surface area contributed by atoms with E-state index in [9.17, 15) is 4.79 Å². The molecular formula is C10H18N4O. The minimum absolute atomic E-state index is 0.109. The van der Waals surface area contributed by atoms with Gasteiger partial charge in [0.05, 0.1) is 22.6 Å². The van der Waals surface area contributed by atoms with E-state index >= 15 is 0 Å². The average Bonchev–Trinajstić information content (AvgIpc) is 2.45. The molecule has 1 heterocycles. The predicted octanol–water partition coefficient (Wildman–Crippen LogP) is 0.720. The van der Waals surface area contributed by atoms with Crippen LogP contribution in [0.4, 0.5) is 5.69 Å². The number of hydrogen-bond acceptors (Lipinski definition) is 4. The largest absolute Gasteiger partial charge is 0.396 e. The van der Waals surface area contributed by atoms with E-state index in [1.807, 2.05) is 13.8 Å². The third-order valence-electron chi connectivity index (χ3n) is 2.70. The van der Waals surface area contributed by atoms with Gasteiger partial charge in [-0.15, -0.1) is 0 Å². The Labute approximate surface area is 89.6 Å². The summed E-state index contributed by atoms with van der Waals surface area (Å²) in [4.78, 5) is 12.1. The molecule has 3 N–H and O–H groups in total. The highest BCUT2D eigenvalue weighted by molar-refractivity contribution is 5.88. The Morgan fingerprint density at radius 3 is 2.33 bits per heavy atom. The summed E-state index contributed by atoms with van der Waals surface area (Å²) in [6.07, 6.45) is 0. The first-order valence-electron chi connectivity index (χ1n) is 4.86. The summed E-state index contributed by atoms with van der Waals surface area (Å²) in [5.41, 5.74) is 7.09. The molecule has 1 rings (SSSR count). The lowest BCUT2D eigenvalue weighted by Gasteiger charge is -2.22. The first-order valence-corrected chi connectivity index (χ1v) is 4.86. The summed E-state index contributed by atoms with van der Waals surface area (Å²) in [6, 6.07) is 0. The molecule has 0 bridgehead atoms. The molecule has 0 aliphatic rings. The average molecular weight is 210 g/mol. The van der Waals surface area contributed by atoms with Gasteiger partial charge in [-0.2, -0.15) is 5.10 Å². The van der Waals surface area contributed by atoms with Gasteiger partial charge in [-0.05, 0) is 34.7 Å². The summed E-state index contributed by atoms with van der Waals surface area (Å²) in [7, 11) is 1.74. The molecule has 15 heavy (non-hydrogen) atoms. The predicted molar refractivity (Wildman–Crippen MR) is 59.9 cm³/mol. The standard InChI is InChI=1S/C10H18N4O/c1-6-8(11)7(2)14(13-6)9(15)10(3,4)12-5/h12H,11H2,1-5H3. The number of carbonyl (C=O) groups excluding carboxylic acids is 1. The summed E-state index contributed by atoms with van der Waals surface area (Å²) in [5, 5.41) is 7.07. The van der Waals surface area contributed by atoms with Crippen LogP contribution < -0.4 is 11.1 Å². The van der Waals surface area contributed by atoms with Crippen LogP contribution in [0.1, 0.15) is 30.0 Å². The van der Waals surface area contributed by atoms with Crippen molar-refractivity contribution in [2.75, 3.05) is 12.8 Å². The van der Waals surface area contributed by atoms with Crippen molar-refractivity contribution < 1.29 is 4.79 Å². The number of nitrogen functional groups attached to an aromatic ring is 1. The number of aromatic nitrogens is 2. The highest BCUT2D eigenvalue weighted by atomic mass is 16.2. The first kappa shape index (κ1) is 11.7. The number of nitrogens with two attached hydrogens (primary N) is 1. The highest BCUT2D eigenvalue weighted by Gasteiger charge is 2.29. The maximum atomic E-state index is 12.1. The lowest BCUT2D eigenvalue weighted by molar-refractivity contribution is 0.0781. The molecule has 0 saturated carbocycles. The van der Waals surface area contributed by atoms with Crippen LogP contribution in [0.15, 0.2) is 0 Å². The SMILES string of the molecule is CNC(C)(C)C(=O)n1nc(C)c(N)c1C. The van der Waals surface area contributed by atoms with Crippen LogP contribution in [-0.2, 0) is 0 Å². The van der Waals surface area contributed by atoms with E-state index in [1.165, 1.54) is 4.68 Å². The zero-order valence-electron chi connectivity index (χ0n) is 9.88. The van der Waals surface area contributed by atoms with Crippen molar-refractivity contribution in [1.29, 1.82) is 0 Å². The molecule has 0 radical (unpaired) electrons. The molecule has 5 nitrogen and oxygen atoms in total. The van der Waals surface area contributed by atoms with Gasteiger partial charge in [-0.25, -0.2) is 4.68 Å². The van der Waals surface area contributed by atoms with Gasteiger partial charge in [0.15, 0.2) is 0 Å². The number of likely N-dealkylation sites (N-methyl/N-ethyl adjacent to an activating group) is 1. The van der Waals surface area contributed by atoms with Gasteiger partial charge in [0.1, 0.15) is 0 Å². The van der Waals surface area contributed by atoms with E-state index in [1.54, 1.807) is 20.9 Å². The summed E-state index contributed by atoms with van der Waals surface area (Å²) in [6.45, 7) is 7.20. The summed E-state index contributed by atoms with van der Waals surface area (Å²) >= 11 is 0. The van der Waals surface area contributed by atoms with E-state index in [-0.39, 0.29) is 5.91 Å². The number of aryl methyl sites for hydroxylation is 1. The number of rotatable bonds is 2. The Bertz CT molecular complexity index is 392. The van der Waals surface area contributed by atoms with Crippen LogP contribution in [0.5, 0.6) is 0 Å². The maximum absolute atomic E-state index is 12.1. The minimum Gasteiger partial charge on any atom is -0.396 e. The molecule has 1 aromatic rings. The molecule has 0 saturated heterocycles. The Balaban J connectivity index is 3.18. The molecule has 0 unspecified atom stereocenters. The second-order valence-corrected chi connectivity index (χ2v) is 4.18. The van der Waals surface area contributed by atoms with Gasteiger partial charge < -0.3 is 11.1 Å². The van der Waals surface area contributed by atoms with Crippen molar-refractivity contribution in [2.45, 2.75) is 33.2 Å². The molecule has 0 aromatic carbocycles. The quantitative estimate of drug-likeness (QED) is 0.754. The van der Waals surface area contributed by atoms with E-state index in [4.69, 9.17) is 5.73 Å². The second kappa shape index (κ2) is 3.66. The van der Waals surface area contributed by atoms with E-state index in [0.29, 0.717) is 17.1 Å². The summed E-state index contributed by atoms with van der Waals surface area (Å²) in [5.74, 6) is -0.109. The van der Waals surface area contributed by atoms with Crippen molar-refractivity contribution >= 4 is 11.6 Å². The molecule has 0 atom stereocenters. The molecule has 0 amide bonds. The molecular weight excluding hydrogens is 192 g/mol. The molecule has 1 aromatic heterocycles. The van der Waals surface area contributed by atoms with Gasteiger partial charge in [0, 0.05) is 0 Å². The number of carbonyl (C=O) groups is 1. The van der Waals surface area contributed by atoms with Gasteiger partial charge in [-0.1, -0.05) is 0 Å². The number of anilines is 1. The fraction of sp³-hybridized carbons (Fsp3) is 0.600.